The number of nitrogens with one attached hydrogen (secondary N) is 1. The summed E-state index contributed by atoms with van der Waals surface area (Å²) in [6, 6.07) is 6.52. The van der Waals surface area contributed by atoms with Crippen molar-refractivity contribution in [3.05, 3.63) is 51.5 Å². The first-order valence-corrected chi connectivity index (χ1v) is 13.5. The van der Waals surface area contributed by atoms with Crippen molar-refractivity contribution in [1.82, 2.24) is 9.88 Å². The van der Waals surface area contributed by atoms with Crippen LogP contribution in [0.3, 0.4) is 0 Å². The molecule has 3 aromatic rings. The van der Waals surface area contributed by atoms with Gasteiger partial charge >= 0.3 is 0 Å². The molecule has 0 atom stereocenters. The zero-order valence-electron chi connectivity index (χ0n) is 22.6. The number of piperidine rings is 1. The van der Waals surface area contributed by atoms with Crippen molar-refractivity contribution in [3.63, 3.8) is 0 Å². The minimum Gasteiger partial charge on any atom is -0.493 e. The number of carbonyl (C=O) groups excluding carboxylic acids is 3. The molecule has 5 rings (SSSR count). The lowest BCUT2D eigenvalue weighted by atomic mass is 9.96. The second kappa shape index (κ2) is 11.4. The van der Waals surface area contributed by atoms with Gasteiger partial charge in [-0.25, -0.2) is 4.98 Å². The molecule has 12 heteroatoms. The number of anilines is 1. The van der Waals surface area contributed by atoms with E-state index < -0.39 is 5.91 Å². The fourth-order valence-electron chi connectivity index (χ4n) is 4.87. The van der Waals surface area contributed by atoms with Crippen LogP contribution in [0.15, 0.2) is 29.6 Å². The molecule has 0 saturated carbocycles. The van der Waals surface area contributed by atoms with E-state index in [2.05, 4.69) is 10.3 Å². The Hall–Kier alpha value is -4.32. The quantitative estimate of drug-likeness (QED) is 0.395. The van der Waals surface area contributed by atoms with E-state index in [1.165, 1.54) is 39.6 Å². The largest absolute Gasteiger partial charge is 0.493 e. The molecule has 0 aliphatic carbocycles. The summed E-state index contributed by atoms with van der Waals surface area (Å²) >= 11 is 1.41. The maximum absolute atomic E-state index is 13.3. The first-order chi connectivity index (χ1) is 19.3. The molecule has 1 aromatic heterocycles. The molecule has 11 nitrogen and oxygen atoms in total. The first-order valence-electron chi connectivity index (χ1n) is 12.6. The Morgan fingerprint density at radius 2 is 1.68 bits per heavy atom. The molecule has 0 bridgehead atoms. The van der Waals surface area contributed by atoms with Gasteiger partial charge in [-0.3, -0.25) is 14.4 Å². The molecule has 2 aliphatic heterocycles. The number of nitrogens with zero attached hydrogens (tertiary/aromatic N) is 2. The lowest BCUT2D eigenvalue weighted by Crippen LogP contribution is -2.38. The monoisotopic (exact) mass is 567 g/mol. The summed E-state index contributed by atoms with van der Waals surface area (Å²) in [5, 5.41) is 5.32. The molecule has 40 heavy (non-hydrogen) atoms. The van der Waals surface area contributed by atoms with Crippen molar-refractivity contribution in [2.24, 2.45) is 0 Å². The van der Waals surface area contributed by atoms with Crippen LogP contribution < -0.4 is 29.0 Å². The second-order valence-corrected chi connectivity index (χ2v) is 10.2. The molecule has 2 aromatic carbocycles. The molecule has 0 radical (unpaired) electrons. The van der Waals surface area contributed by atoms with Crippen molar-refractivity contribution in [2.75, 3.05) is 46.5 Å². The van der Waals surface area contributed by atoms with Crippen LogP contribution in [0.2, 0.25) is 0 Å². The Bertz CT molecular complexity index is 1460. The lowest BCUT2D eigenvalue weighted by Gasteiger charge is -2.31. The van der Waals surface area contributed by atoms with Gasteiger partial charge in [0.2, 0.25) is 12.5 Å². The van der Waals surface area contributed by atoms with Gasteiger partial charge in [0.15, 0.2) is 28.8 Å². The van der Waals surface area contributed by atoms with Gasteiger partial charge in [-0.2, -0.15) is 0 Å². The molecule has 1 N–H and O–H groups in total. The van der Waals surface area contributed by atoms with E-state index in [-0.39, 0.29) is 30.1 Å². The minimum absolute atomic E-state index is 0.0613. The molecule has 210 valence electrons. The molecule has 0 unspecified atom stereocenters. The van der Waals surface area contributed by atoms with Crippen LogP contribution in [0.4, 0.5) is 5.69 Å². The summed E-state index contributed by atoms with van der Waals surface area (Å²) in [7, 11) is 4.52. The lowest BCUT2D eigenvalue weighted by molar-refractivity contribution is 0.0708. The topological polar surface area (TPSA) is 126 Å². The Morgan fingerprint density at radius 3 is 2.33 bits per heavy atom. The van der Waals surface area contributed by atoms with Crippen LogP contribution in [0, 0.1) is 0 Å². The van der Waals surface area contributed by atoms with Gasteiger partial charge in [-0.1, -0.05) is 0 Å². The summed E-state index contributed by atoms with van der Waals surface area (Å²) in [6.07, 6.45) is 1.40. The predicted molar refractivity (Wildman–Crippen MR) is 147 cm³/mol. The van der Waals surface area contributed by atoms with Crippen molar-refractivity contribution in [3.8, 4) is 28.7 Å². The number of aromatic nitrogens is 1. The Kier molecular flexibility index (Phi) is 7.78. The number of Topliss-reactive ketones (excluding diaryl/α,β-unsaturated/α-hetero) is 1. The van der Waals surface area contributed by atoms with Gasteiger partial charge < -0.3 is 33.9 Å². The third-order valence-corrected chi connectivity index (χ3v) is 7.97. The molecular formula is C28H29N3O8S. The van der Waals surface area contributed by atoms with E-state index in [0.717, 1.165) is 5.01 Å². The first kappa shape index (κ1) is 27.3. The van der Waals surface area contributed by atoms with Gasteiger partial charge in [0.1, 0.15) is 5.69 Å². The van der Waals surface area contributed by atoms with Gasteiger partial charge in [0, 0.05) is 36.0 Å². The van der Waals surface area contributed by atoms with E-state index in [1.54, 1.807) is 34.5 Å². The number of benzene rings is 2. The number of rotatable bonds is 8. The number of carbonyl (C=O) groups is 3. The van der Waals surface area contributed by atoms with E-state index in [9.17, 15) is 14.4 Å². The van der Waals surface area contributed by atoms with Gasteiger partial charge in [0.25, 0.3) is 11.8 Å². The molecule has 3 heterocycles. The number of ketones is 1. The van der Waals surface area contributed by atoms with Gasteiger partial charge in [-0.15, -0.1) is 11.3 Å². The zero-order chi connectivity index (χ0) is 28.4. The number of fused-ring (bicyclic) bond motifs is 1. The number of likely N-dealkylation sites (tertiary alicyclic amines) is 1. The molecule has 2 aliphatic rings. The number of hydrogen-bond donors (Lipinski definition) is 1. The van der Waals surface area contributed by atoms with Crippen LogP contribution in [0.1, 0.15) is 61.9 Å². The number of hydrogen-bond acceptors (Lipinski definition) is 10. The highest BCUT2D eigenvalue weighted by atomic mass is 32.1. The van der Waals surface area contributed by atoms with Crippen LogP contribution in [0.5, 0.6) is 28.7 Å². The molecular weight excluding hydrogens is 538 g/mol. The maximum Gasteiger partial charge on any atom is 0.275 e. The second-order valence-electron chi connectivity index (χ2n) is 9.28. The van der Waals surface area contributed by atoms with E-state index in [0.29, 0.717) is 71.5 Å². The highest BCUT2D eigenvalue weighted by Gasteiger charge is 2.30. The Balaban J connectivity index is 1.25. The maximum atomic E-state index is 13.3. The van der Waals surface area contributed by atoms with E-state index in [1.807, 2.05) is 0 Å². The highest BCUT2D eigenvalue weighted by Crippen LogP contribution is 2.41. The number of thiazole rings is 1. The summed E-state index contributed by atoms with van der Waals surface area (Å²) in [5.41, 5.74) is 1.34. The van der Waals surface area contributed by atoms with Crippen LogP contribution >= 0.6 is 11.3 Å². The van der Waals surface area contributed by atoms with Crippen LogP contribution in [0.25, 0.3) is 0 Å². The summed E-state index contributed by atoms with van der Waals surface area (Å²) in [4.78, 5) is 44.9. The number of ether oxygens (including phenoxy) is 5. The smallest absolute Gasteiger partial charge is 0.275 e. The predicted octanol–water partition coefficient (Wildman–Crippen LogP) is 4.37. The molecule has 0 spiro atoms. The van der Waals surface area contributed by atoms with Crippen LogP contribution in [-0.4, -0.2) is 68.7 Å². The van der Waals surface area contributed by atoms with Crippen molar-refractivity contribution in [2.45, 2.75) is 25.7 Å². The average Bonchev–Trinajstić information content (AvgIpc) is 3.65. The highest BCUT2D eigenvalue weighted by molar-refractivity contribution is 7.10. The van der Waals surface area contributed by atoms with Crippen molar-refractivity contribution in [1.29, 1.82) is 0 Å². The van der Waals surface area contributed by atoms with Crippen LogP contribution in [-0.2, 0) is 0 Å². The van der Waals surface area contributed by atoms with E-state index in [4.69, 9.17) is 23.7 Å². The normalized spacial score (nSPS) is 14.6. The van der Waals surface area contributed by atoms with Gasteiger partial charge in [-0.05, 0) is 38.0 Å². The number of amides is 2. The van der Waals surface area contributed by atoms with E-state index >= 15 is 0 Å². The summed E-state index contributed by atoms with van der Waals surface area (Å²) < 4.78 is 27.0. The molecule has 2 amide bonds. The minimum atomic E-state index is -0.419. The molecule has 1 saturated heterocycles. The molecule has 1 fully saturated rings. The standard InChI is InChI=1S/C28H29N3O8S/c1-15(32)18-11-22-23(39-14-38-22)12-19(18)29-26(33)20-13-40-27(30-20)16-7-9-31(10-8-16)28(34)17-5-6-21(35-2)25(37-4)24(17)36-3/h5-6,11-13,16H,7-10,14H2,1-4H3,(H,29,33). The Morgan fingerprint density at radius 1 is 0.975 bits per heavy atom. The fourth-order valence-corrected chi connectivity index (χ4v) is 5.84. The average molecular weight is 568 g/mol. The summed E-state index contributed by atoms with van der Waals surface area (Å²) in [5.74, 6) is 1.45. The SMILES string of the molecule is COc1ccc(C(=O)N2CCC(c3nc(C(=O)Nc4cc5c(cc4C(C)=O)OCO5)cs3)CC2)c(OC)c1OC. The Labute approximate surface area is 235 Å². The summed E-state index contributed by atoms with van der Waals surface area (Å²) in [6.45, 7) is 2.54. The fraction of sp³-hybridized carbons (Fsp3) is 0.357. The zero-order valence-corrected chi connectivity index (χ0v) is 23.4. The van der Waals surface area contributed by atoms with Crippen molar-refractivity contribution < 1.29 is 38.1 Å². The number of methoxy groups -OCH3 is 3. The third kappa shape index (κ3) is 5.14. The van der Waals surface area contributed by atoms with Crippen molar-refractivity contribution >= 4 is 34.6 Å². The third-order valence-electron chi connectivity index (χ3n) is 6.96. The van der Waals surface area contributed by atoms with Gasteiger partial charge in [0.05, 0.1) is 37.6 Å².